The summed E-state index contributed by atoms with van der Waals surface area (Å²) in [6.45, 7) is 4.84. The SMILES string of the molecule is CC(C)c1cc(-c2ccc(Cn3cccn3)cc2)c(C#N)c(N)n1. The third kappa shape index (κ3) is 3.13. The number of nitrogens with zero attached hydrogens (tertiary/aromatic N) is 4. The number of nitriles is 1. The summed E-state index contributed by atoms with van der Waals surface area (Å²) in [6, 6.07) is 14.2. The zero-order valence-electron chi connectivity index (χ0n) is 13.8. The number of pyridine rings is 1. The van der Waals surface area contributed by atoms with Crippen LogP contribution in [0, 0.1) is 11.3 Å². The van der Waals surface area contributed by atoms with E-state index in [4.69, 9.17) is 5.73 Å². The average Bonchev–Trinajstić information content (AvgIpc) is 3.07. The Labute approximate surface area is 141 Å². The molecule has 0 aliphatic carbocycles. The molecular formula is C19H19N5. The minimum absolute atomic E-state index is 0.248. The molecule has 0 fully saturated rings. The highest BCUT2D eigenvalue weighted by molar-refractivity contribution is 5.75. The number of aromatic nitrogens is 3. The van der Waals surface area contributed by atoms with Gasteiger partial charge in [0.15, 0.2) is 0 Å². The van der Waals surface area contributed by atoms with Crippen molar-refractivity contribution >= 4 is 5.82 Å². The quantitative estimate of drug-likeness (QED) is 0.797. The highest BCUT2D eigenvalue weighted by Crippen LogP contribution is 2.29. The molecule has 3 rings (SSSR count). The molecular weight excluding hydrogens is 298 g/mol. The standard InChI is InChI=1S/C19H19N5/c1-13(2)18-10-16(17(11-20)19(21)23-18)15-6-4-14(5-7-15)12-24-9-3-8-22-24/h3-10,13H,12H2,1-2H3,(H2,21,23). The Balaban J connectivity index is 1.98. The highest BCUT2D eigenvalue weighted by atomic mass is 15.3. The molecule has 5 nitrogen and oxygen atoms in total. The van der Waals surface area contributed by atoms with Crippen molar-refractivity contribution in [3.8, 4) is 17.2 Å². The van der Waals surface area contributed by atoms with Crippen LogP contribution in [0.25, 0.3) is 11.1 Å². The van der Waals surface area contributed by atoms with Crippen LogP contribution in [-0.2, 0) is 6.54 Å². The normalized spacial score (nSPS) is 10.8. The molecule has 0 saturated carbocycles. The van der Waals surface area contributed by atoms with E-state index in [2.05, 4.69) is 30.0 Å². The molecule has 2 N–H and O–H groups in total. The molecule has 0 aliphatic rings. The summed E-state index contributed by atoms with van der Waals surface area (Å²) < 4.78 is 1.87. The van der Waals surface area contributed by atoms with Crippen molar-refractivity contribution in [1.82, 2.24) is 14.8 Å². The second kappa shape index (κ2) is 6.55. The Morgan fingerprint density at radius 2 is 2.00 bits per heavy atom. The summed E-state index contributed by atoms with van der Waals surface area (Å²) >= 11 is 0. The summed E-state index contributed by atoms with van der Waals surface area (Å²) in [7, 11) is 0. The lowest BCUT2D eigenvalue weighted by Gasteiger charge is -2.12. The number of nitrogen functional groups attached to an aromatic ring is 1. The maximum atomic E-state index is 9.43. The molecule has 1 aromatic carbocycles. The Morgan fingerprint density at radius 1 is 1.25 bits per heavy atom. The van der Waals surface area contributed by atoms with E-state index in [1.807, 2.05) is 47.3 Å². The van der Waals surface area contributed by atoms with Crippen molar-refractivity contribution < 1.29 is 0 Å². The van der Waals surface area contributed by atoms with Gasteiger partial charge in [-0.15, -0.1) is 0 Å². The third-order valence-corrected chi connectivity index (χ3v) is 3.94. The van der Waals surface area contributed by atoms with Crippen LogP contribution in [0.15, 0.2) is 48.8 Å². The minimum atomic E-state index is 0.248. The maximum Gasteiger partial charge on any atom is 0.142 e. The zero-order valence-corrected chi connectivity index (χ0v) is 13.8. The van der Waals surface area contributed by atoms with Crippen LogP contribution in [0.4, 0.5) is 5.82 Å². The van der Waals surface area contributed by atoms with Gasteiger partial charge in [-0.05, 0) is 29.2 Å². The molecule has 5 heteroatoms. The van der Waals surface area contributed by atoms with Crippen LogP contribution < -0.4 is 5.73 Å². The van der Waals surface area contributed by atoms with Gasteiger partial charge in [0.1, 0.15) is 17.5 Å². The highest BCUT2D eigenvalue weighted by Gasteiger charge is 2.14. The number of anilines is 1. The summed E-state index contributed by atoms with van der Waals surface area (Å²) in [5.74, 6) is 0.539. The molecule has 0 atom stereocenters. The van der Waals surface area contributed by atoms with Crippen LogP contribution in [0.5, 0.6) is 0 Å². The molecule has 24 heavy (non-hydrogen) atoms. The van der Waals surface area contributed by atoms with Gasteiger partial charge in [0, 0.05) is 23.7 Å². The van der Waals surface area contributed by atoms with Crippen molar-refractivity contribution in [1.29, 1.82) is 5.26 Å². The molecule has 0 bridgehead atoms. The smallest absolute Gasteiger partial charge is 0.142 e. The average molecular weight is 317 g/mol. The fourth-order valence-corrected chi connectivity index (χ4v) is 2.60. The first-order valence-corrected chi connectivity index (χ1v) is 7.85. The topological polar surface area (TPSA) is 80.5 Å². The molecule has 0 spiro atoms. The molecule has 0 aliphatic heterocycles. The molecule has 120 valence electrons. The van der Waals surface area contributed by atoms with Crippen LogP contribution in [-0.4, -0.2) is 14.8 Å². The predicted octanol–water partition coefficient (Wildman–Crippen LogP) is 3.57. The second-order valence-electron chi connectivity index (χ2n) is 6.02. The van der Waals surface area contributed by atoms with Gasteiger partial charge in [-0.2, -0.15) is 10.4 Å². The number of rotatable bonds is 4. The number of benzene rings is 1. The van der Waals surface area contributed by atoms with Crippen LogP contribution >= 0.6 is 0 Å². The molecule has 0 unspecified atom stereocenters. The lowest BCUT2D eigenvalue weighted by Crippen LogP contribution is -2.03. The van der Waals surface area contributed by atoms with Gasteiger partial charge in [-0.25, -0.2) is 4.98 Å². The fourth-order valence-electron chi connectivity index (χ4n) is 2.60. The van der Waals surface area contributed by atoms with E-state index >= 15 is 0 Å². The van der Waals surface area contributed by atoms with E-state index in [1.54, 1.807) is 6.20 Å². The van der Waals surface area contributed by atoms with Gasteiger partial charge in [0.25, 0.3) is 0 Å². The first-order chi connectivity index (χ1) is 11.6. The number of nitrogens with two attached hydrogens (primary N) is 1. The van der Waals surface area contributed by atoms with Gasteiger partial charge >= 0.3 is 0 Å². The largest absolute Gasteiger partial charge is 0.383 e. The van der Waals surface area contributed by atoms with E-state index < -0.39 is 0 Å². The van der Waals surface area contributed by atoms with Crippen LogP contribution in [0.1, 0.15) is 36.6 Å². The Bertz CT molecular complexity index is 871. The predicted molar refractivity (Wildman–Crippen MR) is 94.2 cm³/mol. The maximum absolute atomic E-state index is 9.43. The van der Waals surface area contributed by atoms with Crippen molar-refractivity contribution in [3.63, 3.8) is 0 Å². The Morgan fingerprint density at radius 3 is 2.58 bits per heavy atom. The second-order valence-corrected chi connectivity index (χ2v) is 6.02. The van der Waals surface area contributed by atoms with E-state index in [0.29, 0.717) is 17.9 Å². The summed E-state index contributed by atoms with van der Waals surface area (Å²) in [4.78, 5) is 4.34. The lowest BCUT2D eigenvalue weighted by molar-refractivity contribution is 0.687. The van der Waals surface area contributed by atoms with E-state index in [0.717, 1.165) is 22.4 Å². The zero-order chi connectivity index (χ0) is 17.1. The van der Waals surface area contributed by atoms with Crippen molar-refractivity contribution in [2.24, 2.45) is 0 Å². The monoisotopic (exact) mass is 317 g/mol. The fraction of sp³-hybridized carbons (Fsp3) is 0.211. The van der Waals surface area contributed by atoms with Crippen molar-refractivity contribution in [2.75, 3.05) is 5.73 Å². The molecule has 0 amide bonds. The first kappa shape index (κ1) is 15.8. The van der Waals surface area contributed by atoms with E-state index in [-0.39, 0.29) is 5.92 Å². The van der Waals surface area contributed by atoms with Crippen molar-refractivity contribution in [2.45, 2.75) is 26.3 Å². The van der Waals surface area contributed by atoms with Crippen LogP contribution in [0.3, 0.4) is 0 Å². The molecule has 0 radical (unpaired) electrons. The van der Waals surface area contributed by atoms with Crippen LogP contribution in [0.2, 0.25) is 0 Å². The number of hydrogen-bond donors (Lipinski definition) is 1. The minimum Gasteiger partial charge on any atom is -0.383 e. The van der Waals surface area contributed by atoms with Gasteiger partial charge in [0.2, 0.25) is 0 Å². The lowest BCUT2D eigenvalue weighted by atomic mass is 9.97. The summed E-state index contributed by atoms with van der Waals surface area (Å²) in [5.41, 5.74) is 10.2. The molecule has 2 heterocycles. The summed E-state index contributed by atoms with van der Waals surface area (Å²) in [5, 5.41) is 13.6. The van der Waals surface area contributed by atoms with Crippen molar-refractivity contribution in [3.05, 3.63) is 65.6 Å². The van der Waals surface area contributed by atoms with E-state index in [1.165, 1.54) is 0 Å². The number of hydrogen-bond acceptors (Lipinski definition) is 4. The van der Waals surface area contributed by atoms with Gasteiger partial charge in [-0.1, -0.05) is 38.1 Å². The molecule has 3 aromatic rings. The Hall–Kier alpha value is -3.13. The first-order valence-electron chi connectivity index (χ1n) is 7.85. The summed E-state index contributed by atoms with van der Waals surface area (Å²) in [6.07, 6.45) is 3.70. The Kier molecular flexibility index (Phi) is 4.30. The van der Waals surface area contributed by atoms with Gasteiger partial charge in [0.05, 0.1) is 6.54 Å². The third-order valence-electron chi connectivity index (χ3n) is 3.94. The molecule has 2 aromatic heterocycles. The van der Waals surface area contributed by atoms with Gasteiger partial charge in [-0.3, -0.25) is 4.68 Å². The molecule has 0 saturated heterocycles. The van der Waals surface area contributed by atoms with Gasteiger partial charge < -0.3 is 5.73 Å². The van der Waals surface area contributed by atoms with E-state index in [9.17, 15) is 5.26 Å².